The van der Waals surface area contributed by atoms with Crippen molar-refractivity contribution in [2.24, 2.45) is 0 Å². The molecule has 8 unspecified atom stereocenters. The van der Waals surface area contributed by atoms with Gasteiger partial charge >= 0.3 is 0 Å². The molecule has 2 saturated heterocycles. The van der Waals surface area contributed by atoms with Crippen LogP contribution < -0.4 is 4.90 Å². The SMILES string of the molecule is O=C1C(OCC(O)c2ccc(F)cc2)C(c2ccc(-c3ccc(C4OC(CO)C(O)C(O)C4O)cc3)cc2O)N1c1ccccc1. The average Bonchev–Trinajstić information content (AvgIpc) is 3.07. The number of carbonyl (C=O) groups is 1. The predicted octanol–water partition coefficient (Wildman–Crippen LogP) is 2.92. The highest BCUT2D eigenvalue weighted by Crippen LogP contribution is 2.45. The molecule has 2 fully saturated rings. The minimum atomic E-state index is -1.49. The molecule has 0 radical (unpaired) electrons. The van der Waals surface area contributed by atoms with Crippen molar-refractivity contribution in [1.29, 1.82) is 0 Å². The zero-order chi connectivity index (χ0) is 32.5. The lowest BCUT2D eigenvalue weighted by Crippen LogP contribution is -2.60. The van der Waals surface area contributed by atoms with Crippen LogP contribution in [0.2, 0.25) is 0 Å². The Labute approximate surface area is 264 Å². The molecule has 0 saturated carbocycles. The average molecular weight is 632 g/mol. The van der Waals surface area contributed by atoms with Gasteiger partial charge in [-0.2, -0.15) is 0 Å². The number of phenols is 1. The van der Waals surface area contributed by atoms with E-state index in [0.717, 1.165) is 5.56 Å². The summed E-state index contributed by atoms with van der Waals surface area (Å²) < 4.78 is 24.9. The molecule has 10 nitrogen and oxygen atoms in total. The van der Waals surface area contributed by atoms with E-state index in [9.17, 15) is 39.8 Å². The number of amides is 1. The zero-order valence-corrected chi connectivity index (χ0v) is 24.5. The topological polar surface area (TPSA) is 160 Å². The van der Waals surface area contributed by atoms with E-state index in [1.54, 1.807) is 66.7 Å². The number of anilines is 1. The molecule has 8 atom stereocenters. The van der Waals surface area contributed by atoms with E-state index < -0.39 is 61.2 Å². The van der Waals surface area contributed by atoms with Crippen LogP contribution in [0.5, 0.6) is 5.75 Å². The molecule has 2 aliphatic rings. The van der Waals surface area contributed by atoms with Gasteiger partial charge < -0.3 is 40.1 Å². The second kappa shape index (κ2) is 13.3. The number of β-lactam (4-membered cyclic amide) rings is 1. The highest BCUT2D eigenvalue weighted by Gasteiger charge is 2.51. The highest BCUT2D eigenvalue weighted by molar-refractivity contribution is 6.05. The van der Waals surface area contributed by atoms with Crippen LogP contribution in [0.4, 0.5) is 10.1 Å². The van der Waals surface area contributed by atoms with Crippen molar-refractivity contribution in [3.63, 3.8) is 0 Å². The normalized spacial score (nSPS) is 26.9. The summed E-state index contributed by atoms with van der Waals surface area (Å²) in [4.78, 5) is 14.8. The lowest BCUT2D eigenvalue weighted by molar-refractivity contribution is -0.231. The second-order valence-electron chi connectivity index (χ2n) is 11.5. The van der Waals surface area contributed by atoms with Gasteiger partial charge in [0.25, 0.3) is 5.91 Å². The summed E-state index contributed by atoms with van der Waals surface area (Å²) in [5, 5.41) is 62.1. The maximum absolute atomic E-state index is 13.3. The first-order valence-corrected chi connectivity index (χ1v) is 14.8. The Morgan fingerprint density at radius 1 is 0.848 bits per heavy atom. The number of benzene rings is 4. The van der Waals surface area contributed by atoms with Gasteiger partial charge in [0.15, 0.2) is 6.10 Å². The number of aliphatic hydroxyl groups is 5. The van der Waals surface area contributed by atoms with Crippen LogP contribution in [-0.2, 0) is 14.3 Å². The van der Waals surface area contributed by atoms with Gasteiger partial charge in [0.1, 0.15) is 54.2 Å². The molecule has 4 aromatic carbocycles. The first-order chi connectivity index (χ1) is 22.2. The van der Waals surface area contributed by atoms with Gasteiger partial charge in [-0.15, -0.1) is 0 Å². The second-order valence-corrected chi connectivity index (χ2v) is 11.5. The fourth-order valence-corrected chi connectivity index (χ4v) is 6.00. The first-order valence-electron chi connectivity index (χ1n) is 14.8. The molecule has 1 amide bonds. The summed E-state index contributed by atoms with van der Waals surface area (Å²) in [6.07, 6.45) is -8.44. The van der Waals surface area contributed by atoms with Crippen LogP contribution in [0.1, 0.15) is 34.9 Å². The van der Waals surface area contributed by atoms with Crippen LogP contribution in [0.15, 0.2) is 97.1 Å². The Bertz CT molecular complexity index is 1650. The first kappa shape index (κ1) is 31.8. The largest absolute Gasteiger partial charge is 0.508 e. The van der Waals surface area contributed by atoms with Crippen molar-refractivity contribution in [2.45, 2.75) is 48.8 Å². The summed E-state index contributed by atoms with van der Waals surface area (Å²) in [7, 11) is 0. The summed E-state index contributed by atoms with van der Waals surface area (Å²) in [6, 6.07) is 25.5. The molecule has 2 heterocycles. The Kier molecular flexibility index (Phi) is 9.16. The van der Waals surface area contributed by atoms with Crippen molar-refractivity contribution in [2.75, 3.05) is 18.1 Å². The smallest absolute Gasteiger partial charge is 0.259 e. The molecule has 11 heteroatoms. The summed E-state index contributed by atoms with van der Waals surface area (Å²) in [5.74, 6) is -0.857. The molecule has 46 heavy (non-hydrogen) atoms. The Morgan fingerprint density at radius 3 is 2.17 bits per heavy atom. The number of rotatable bonds is 9. The molecule has 4 aromatic rings. The number of hydrogen-bond donors (Lipinski definition) is 6. The van der Waals surface area contributed by atoms with Gasteiger partial charge in [-0.1, -0.05) is 66.7 Å². The number of halogens is 1. The van der Waals surface area contributed by atoms with E-state index in [2.05, 4.69) is 0 Å². The number of ether oxygens (including phenoxy) is 2. The van der Waals surface area contributed by atoms with Crippen LogP contribution in [0.3, 0.4) is 0 Å². The number of phenolic OH excluding ortho intramolecular Hbond substituents is 1. The Morgan fingerprint density at radius 2 is 1.52 bits per heavy atom. The van der Waals surface area contributed by atoms with E-state index in [0.29, 0.717) is 27.9 Å². The molecular formula is C35H34FNO9. The van der Waals surface area contributed by atoms with Crippen molar-refractivity contribution in [1.82, 2.24) is 0 Å². The third-order valence-corrected chi connectivity index (χ3v) is 8.58. The number of aromatic hydroxyl groups is 1. The van der Waals surface area contributed by atoms with Gasteiger partial charge in [-0.25, -0.2) is 4.39 Å². The van der Waals surface area contributed by atoms with Gasteiger partial charge in [0, 0.05) is 11.3 Å². The quantitative estimate of drug-likeness (QED) is 0.153. The lowest BCUT2D eigenvalue weighted by Gasteiger charge is -2.47. The van der Waals surface area contributed by atoms with Crippen molar-refractivity contribution < 1.29 is 49.3 Å². The zero-order valence-electron chi connectivity index (χ0n) is 24.5. The fraction of sp³-hybridized carbons (Fsp3) is 0.286. The molecule has 0 aliphatic carbocycles. The van der Waals surface area contributed by atoms with Crippen LogP contribution >= 0.6 is 0 Å². The maximum Gasteiger partial charge on any atom is 0.259 e. The molecule has 0 bridgehead atoms. The van der Waals surface area contributed by atoms with Crippen LogP contribution in [0.25, 0.3) is 11.1 Å². The number of hydrogen-bond acceptors (Lipinski definition) is 9. The number of aliphatic hydroxyl groups excluding tert-OH is 5. The van der Waals surface area contributed by atoms with E-state index in [1.807, 2.05) is 6.07 Å². The van der Waals surface area contributed by atoms with E-state index in [4.69, 9.17) is 9.47 Å². The fourth-order valence-electron chi connectivity index (χ4n) is 6.00. The monoisotopic (exact) mass is 631 g/mol. The van der Waals surface area contributed by atoms with Gasteiger partial charge in [0.2, 0.25) is 0 Å². The van der Waals surface area contributed by atoms with Gasteiger partial charge in [-0.05, 0) is 52.6 Å². The number of para-hydroxylation sites is 1. The highest BCUT2D eigenvalue weighted by atomic mass is 19.1. The maximum atomic E-state index is 13.3. The van der Waals surface area contributed by atoms with Crippen molar-refractivity contribution >= 4 is 11.6 Å². The molecule has 240 valence electrons. The third kappa shape index (κ3) is 6.02. The lowest BCUT2D eigenvalue weighted by atomic mass is 9.87. The Hall–Kier alpha value is -4.20. The molecule has 0 spiro atoms. The van der Waals surface area contributed by atoms with Crippen molar-refractivity contribution in [3.8, 4) is 16.9 Å². The Balaban J connectivity index is 1.23. The molecule has 6 rings (SSSR count). The van der Waals surface area contributed by atoms with E-state index in [1.165, 1.54) is 29.2 Å². The molecule has 2 aliphatic heterocycles. The predicted molar refractivity (Wildman–Crippen MR) is 164 cm³/mol. The van der Waals surface area contributed by atoms with Crippen molar-refractivity contribution in [3.05, 3.63) is 120 Å². The van der Waals surface area contributed by atoms with Gasteiger partial charge in [0.05, 0.1) is 13.2 Å². The number of carbonyl (C=O) groups excluding carboxylic acids is 1. The summed E-state index contributed by atoms with van der Waals surface area (Å²) >= 11 is 0. The molecular weight excluding hydrogens is 597 g/mol. The molecule has 0 aromatic heterocycles. The van der Waals surface area contributed by atoms with Crippen LogP contribution in [-0.4, -0.2) is 80.3 Å². The molecule has 6 N–H and O–H groups in total. The minimum Gasteiger partial charge on any atom is -0.508 e. The van der Waals surface area contributed by atoms with Crippen LogP contribution in [0, 0.1) is 5.82 Å². The van der Waals surface area contributed by atoms with E-state index in [-0.39, 0.29) is 18.3 Å². The van der Waals surface area contributed by atoms with Gasteiger partial charge in [-0.3, -0.25) is 9.69 Å². The standard InChI is InChI=1S/C35H34FNO9/c36-23-13-10-20(11-14-23)27(40)18-45-34-29(37(35(34)44)24-4-2-1-3-5-24)25-15-12-22(16-26(25)39)19-6-8-21(9-7-19)33-32(43)31(42)30(41)28(17-38)46-33/h1-16,27-34,38-43H,17-18H2. The minimum absolute atomic E-state index is 0.0818. The number of nitrogens with zero attached hydrogens (tertiary/aromatic N) is 1. The summed E-state index contributed by atoms with van der Waals surface area (Å²) in [6.45, 7) is -0.749. The third-order valence-electron chi connectivity index (χ3n) is 8.58. The summed E-state index contributed by atoms with van der Waals surface area (Å²) in [5.41, 5.74) is 3.39. The van der Waals surface area contributed by atoms with E-state index >= 15 is 0 Å².